The van der Waals surface area contributed by atoms with Crippen LogP contribution in [0.4, 0.5) is 0 Å². The van der Waals surface area contributed by atoms with E-state index < -0.39 is 0 Å². The van der Waals surface area contributed by atoms with E-state index in [2.05, 4.69) is 19.2 Å². The number of nitrogens with zero attached hydrogens (tertiary/aromatic N) is 1. The van der Waals surface area contributed by atoms with Crippen LogP contribution in [0.2, 0.25) is 0 Å². The van der Waals surface area contributed by atoms with Crippen molar-refractivity contribution >= 4 is 5.91 Å². The van der Waals surface area contributed by atoms with Gasteiger partial charge in [0.05, 0.1) is 13.2 Å². The Morgan fingerprint density at radius 2 is 2.00 bits per heavy atom. The second-order valence-electron chi connectivity index (χ2n) is 5.12. The maximum absolute atomic E-state index is 11.8. The van der Waals surface area contributed by atoms with Crippen molar-refractivity contribution in [1.82, 2.24) is 10.2 Å². The molecule has 0 fully saturated rings. The van der Waals surface area contributed by atoms with E-state index in [1.54, 1.807) is 0 Å². The van der Waals surface area contributed by atoms with Gasteiger partial charge in [-0.3, -0.25) is 9.69 Å². The molecule has 0 aromatic heterocycles. The Morgan fingerprint density at radius 1 is 1.32 bits per heavy atom. The molecule has 4 nitrogen and oxygen atoms in total. The highest BCUT2D eigenvalue weighted by atomic mass is 16.3. The van der Waals surface area contributed by atoms with Gasteiger partial charge in [-0.15, -0.1) is 0 Å². The maximum Gasteiger partial charge on any atom is 0.234 e. The van der Waals surface area contributed by atoms with Gasteiger partial charge in [0.25, 0.3) is 0 Å². The number of aliphatic hydroxyl groups is 1. The van der Waals surface area contributed by atoms with Crippen LogP contribution in [0.25, 0.3) is 0 Å². The molecular weight excluding hydrogens is 240 g/mol. The average molecular weight is 264 g/mol. The van der Waals surface area contributed by atoms with E-state index >= 15 is 0 Å². The molecule has 0 atom stereocenters. The van der Waals surface area contributed by atoms with E-state index in [0.29, 0.717) is 32.1 Å². The summed E-state index contributed by atoms with van der Waals surface area (Å²) < 4.78 is 0. The summed E-state index contributed by atoms with van der Waals surface area (Å²) in [6, 6.07) is 9.97. The summed E-state index contributed by atoms with van der Waals surface area (Å²) in [5.74, 6) is 0.461. The van der Waals surface area contributed by atoms with Crippen LogP contribution in [-0.2, 0) is 11.3 Å². The highest BCUT2D eigenvalue weighted by Crippen LogP contribution is 2.03. The first kappa shape index (κ1) is 15.7. The van der Waals surface area contributed by atoms with Gasteiger partial charge in [-0.05, 0) is 11.5 Å². The van der Waals surface area contributed by atoms with E-state index in [9.17, 15) is 4.79 Å². The first-order valence-electron chi connectivity index (χ1n) is 6.75. The molecule has 1 aromatic rings. The second kappa shape index (κ2) is 8.67. The summed E-state index contributed by atoms with van der Waals surface area (Å²) >= 11 is 0. The number of hydrogen-bond donors (Lipinski definition) is 2. The van der Waals surface area contributed by atoms with Gasteiger partial charge < -0.3 is 10.4 Å². The van der Waals surface area contributed by atoms with E-state index in [4.69, 9.17) is 5.11 Å². The lowest BCUT2D eigenvalue weighted by Crippen LogP contribution is -2.39. The minimum absolute atomic E-state index is 0.0121. The van der Waals surface area contributed by atoms with Gasteiger partial charge in [-0.25, -0.2) is 0 Å². The van der Waals surface area contributed by atoms with Crippen LogP contribution < -0.4 is 5.32 Å². The molecule has 2 N–H and O–H groups in total. The van der Waals surface area contributed by atoms with E-state index in [1.165, 1.54) is 0 Å². The first-order chi connectivity index (χ1) is 9.11. The van der Waals surface area contributed by atoms with Crippen LogP contribution in [0.1, 0.15) is 19.4 Å². The lowest BCUT2D eigenvalue weighted by atomic mass is 10.2. The van der Waals surface area contributed by atoms with Gasteiger partial charge in [0.1, 0.15) is 0 Å². The minimum Gasteiger partial charge on any atom is -0.395 e. The molecule has 0 spiro atoms. The first-order valence-corrected chi connectivity index (χ1v) is 6.75. The molecule has 0 saturated heterocycles. The Morgan fingerprint density at radius 3 is 2.58 bits per heavy atom. The molecule has 1 rings (SSSR count). The van der Waals surface area contributed by atoms with Crippen molar-refractivity contribution in [3.8, 4) is 0 Å². The number of aliphatic hydroxyl groups excluding tert-OH is 1. The third-order valence-electron chi connectivity index (χ3n) is 2.74. The summed E-state index contributed by atoms with van der Waals surface area (Å²) in [5, 5.41) is 12.0. The zero-order valence-corrected chi connectivity index (χ0v) is 11.8. The Kier molecular flexibility index (Phi) is 7.15. The van der Waals surface area contributed by atoms with Gasteiger partial charge in [-0.2, -0.15) is 0 Å². The van der Waals surface area contributed by atoms with E-state index in [-0.39, 0.29) is 12.5 Å². The van der Waals surface area contributed by atoms with Crippen molar-refractivity contribution in [2.24, 2.45) is 5.92 Å². The van der Waals surface area contributed by atoms with Crippen LogP contribution in [0, 0.1) is 5.92 Å². The van der Waals surface area contributed by atoms with Crippen LogP contribution in [-0.4, -0.2) is 42.2 Å². The zero-order valence-electron chi connectivity index (χ0n) is 11.8. The Balaban J connectivity index is 2.46. The van der Waals surface area contributed by atoms with E-state index in [1.807, 2.05) is 35.2 Å². The van der Waals surface area contributed by atoms with Gasteiger partial charge in [0.15, 0.2) is 0 Å². The topological polar surface area (TPSA) is 52.6 Å². The molecule has 0 aliphatic carbocycles. The third-order valence-corrected chi connectivity index (χ3v) is 2.74. The monoisotopic (exact) mass is 264 g/mol. The Bertz CT molecular complexity index is 366. The predicted octanol–water partition coefficient (Wildman–Crippen LogP) is 1.25. The third kappa shape index (κ3) is 6.94. The van der Waals surface area contributed by atoms with Gasteiger partial charge in [0.2, 0.25) is 5.91 Å². The normalized spacial score (nSPS) is 11.0. The van der Waals surface area contributed by atoms with Crippen LogP contribution >= 0.6 is 0 Å². The quantitative estimate of drug-likeness (QED) is 0.743. The molecular formula is C15H24N2O2. The molecule has 0 radical (unpaired) electrons. The van der Waals surface area contributed by atoms with Crippen molar-refractivity contribution in [3.05, 3.63) is 35.9 Å². The average Bonchev–Trinajstić information content (AvgIpc) is 2.38. The summed E-state index contributed by atoms with van der Waals surface area (Å²) in [6.45, 7) is 6.38. The molecule has 106 valence electrons. The molecule has 4 heteroatoms. The summed E-state index contributed by atoms with van der Waals surface area (Å²) in [5.41, 5.74) is 1.15. The fourth-order valence-corrected chi connectivity index (χ4v) is 1.77. The van der Waals surface area contributed by atoms with Gasteiger partial charge in [-0.1, -0.05) is 44.2 Å². The summed E-state index contributed by atoms with van der Waals surface area (Å²) in [4.78, 5) is 13.7. The largest absolute Gasteiger partial charge is 0.395 e. The fourth-order valence-electron chi connectivity index (χ4n) is 1.77. The number of amides is 1. The highest BCUT2D eigenvalue weighted by molar-refractivity contribution is 5.78. The van der Waals surface area contributed by atoms with Crippen molar-refractivity contribution in [2.45, 2.75) is 20.4 Å². The van der Waals surface area contributed by atoms with Crippen LogP contribution in [0.3, 0.4) is 0 Å². The Hall–Kier alpha value is -1.39. The number of benzene rings is 1. The second-order valence-corrected chi connectivity index (χ2v) is 5.12. The minimum atomic E-state index is 0.0121. The molecule has 0 heterocycles. The molecule has 0 unspecified atom stereocenters. The SMILES string of the molecule is CC(C)CNC(=O)CN(CCO)Cc1ccccc1. The predicted molar refractivity (Wildman–Crippen MR) is 76.7 cm³/mol. The molecule has 0 saturated carbocycles. The summed E-state index contributed by atoms with van der Waals surface area (Å²) in [7, 11) is 0. The maximum atomic E-state index is 11.8. The highest BCUT2D eigenvalue weighted by Gasteiger charge is 2.10. The number of carbonyl (C=O) groups excluding carboxylic acids is 1. The molecule has 0 aliphatic rings. The number of nitrogens with one attached hydrogen (secondary N) is 1. The van der Waals surface area contributed by atoms with Gasteiger partial charge in [0, 0.05) is 19.6 Å². The van der Waals surface area contributed by atoms with Crippen LogP contribution in [0.5, 0.6) is 0 Å². The lowest BCUT2D eigenvalue weighted by Gasteiger charge is -2.21. The molecule has 0 aliphatic heterocycles. The van der Waals surface area contributed by atoms with Crippen molar-refractivity contribution in [3.63, 3.8) is 0 Å². The number of hydrogen-bond acceptors (Lipinski definition) is 3. The smallest absolute Gasteiger partial charge is 0.234 e. The number of rotatable bonds is 8. The molecule has 1 amide bonds. The van der Waals surface area contributed by atoms with Crippen molar-refractivity contribution < 1.29 is 9.90 Å². The van der Waals surface area contributed by atoms with Crippen LogP contribution in [0.15, 0.2) is 30.3 Å². The lowest BCUT2D eigenvalue weighted by molar-refractivity contribution is -0.122. The van der Waals surface area contributed by atoms with Crippen molar-refractivity contribution in [2.75, 3.05) is 26.2 Å². The molecule has 1 aromatic carbocycles. The Labute approximate surface area is 115 Å². The number of carbonyl (C=O) groups is 1. The molecule has 0 bridgehead atoms. The van der Waals surface area contributed by atoms with Crippen molar-refractivity contribution in [1.29, 1.82) is 0 Å². The van der Waals surface area contributed by atoms with E-state index in [0.717, 1.165) is 5.56 Å². The zero-order chi connectivity index (χ0) is 14.1. The van der Waals surface area contributed by atoms with Gasteiger partial charge >= 0.3 is 0 Å². The standard InChI is InChI=1S/C15H24N2O2/c1-13(2)10-16-15(19)12-17(8-9-18)11-14-6-4-3-5-7-14/h3-7,13,18H,8-12H2,1-2H3,(H,16,19). The summed E-state index contributed by atoms with van der Waals surface area (Å²) in [6.07, 6.45) is 0. The fraction of sp³-hybridized carbons (Fsp3) is 0.533. The molecule has 19 heavy (non-hydrogen) atoms.